The quantitative estimate of drug-likeness (QED) is 0.802. The summed E-state index contributed by atoms with van der Waals surface area (Å²) in [5.74, 6) is -1.15. The van der Waals surface area contributed by atoms with Crippen LogP contribution in [0.25, 0.3) is 0 Å². The molecule has 2 fully saturated rings. The zero-order valence-corrected chi connectivity index (χ0v) is 15.0. The normalized spacial score (nSPS) is 28.7. The zero-order valence-electron chi connectivity index (χ0n) is 13.5. The lowest BCUT2D eigenvalue weighted by molar-refractivity contribution is -0.178. The van der Waals surface area contributed by atoms with Gasteiger partial charge in [0.15, 0.2) is 0 Å². The number of rotatable bonds is 2. The minimum absolute atomic E-state index is 0.0727. The highest BCUT2D eigenvalue weighted by atomic mass is 35.5. The van der Waals surface area contributed by atoms with E-state index in [1.54, 1.807) is 18.2 Å². The molecule has 1 N–H and O–H groups in total. The summed E-state index contributed by atoms with van der Waals surface area (Å²) in [6.45, 7) is 4.33. The number of hydrogen-bond acceptors (Lipinski definition) is 4. The van der Waals surface area contributed by atoms with Crippen LogP contribution >= 0.6 is 23.2 Å². The van der Waals surface area contributed by atoms with E-state index in [1.165, 1.54) is 0 Å². The molecule has 2 aliphatic rings. The van der Waals surface area contributed by atoms with Crippen molar-refractivity contribution in [2.45, 2.75) is 44.3 Å². The third-order valence-electron chi connectivity index (χ3n) is 4.57. The van der Waals surface area contributed by atoms with Gasteiger partial charge in [0.2, 0.25) is 5.91 Å². The van der Waals surface area contributed by atoms with Crippen molar-refractivity contribution in [3.05, 3.63) is 28.2 Å². The molecular formula is C17H19Cl2NO4. The molecule has 1 spiro atoms. The Bertz CT molecular complexity index is 691. The van der Waals surface area contributed by atoms with E-state index in [4.69, 9.17) is 32.7 Å². The first-order valence-corrected chi connectivity index (χ1v) is 8.58. The first-order chi connectivity index (χ1) is 11.2. The molecule has 0 aliphatic carbocycles. The predicted octanol–water partition coefficient (Wildman–Crippen LogP) is 3.82. The average Bonchev–Trinajstić information content (AvgIpc) is 2.77. The van der Waals surface area contributed by atoms with Gasteiger partial charge in [-0.2, -0.15) is 0 Å². The van der Waals surface area contributed by atoms with Crippen LogP contribution in [0.4, 0.5) is 5.69 Å². The number of anilines is 1. The number of hydrogen-bond donors (Lipinski definition) is 1. The molecule has 0 radical (unpaired) electrons. The van der Waals surface area contributed by atoms with Crippen LogP contribution in [-0.4, -0.2) is 29.7 Å². The fraction of sp³-hybridized carbons (Fsp3) is 0.529. The monoisotopic (exact) mass is 371 g/mol. The molecule has 3 rings (SSSR count). The topological polar surface area (TPSA) is 64.6 Å². The second-order valence-electron chi connectivity index (χ2n) is 6.95. The van der Waals surface area contributed by atoms with Crippen LogP contribution in [0.2, 0.25) is 10.0 Å². The van der Waals surface area contributed by atoms with Crippen molar-refractivity contribution < 1.29 is 19.1 Å². The van der Waals surface area contributed by atoms with E-state index in [9.17, 15) is 9.59 Å². The van der Waals surface area contributed by atoms with E-state index in [2.05, 4.69) is 5.32 Å². The van der Waals surface area contributed by atoms with Crippen LogP contribution in [0.1, 0.15) is 33.1 Å². The molecule has 0 unspecified atom stereocenters. The van der Waals surface area contributed by atoms with Gasteiger partial charge in [0.05, 0.1) is 34.6 Å². The van der Waals surface area contributed by atoms with Gasteiger partial charge in [-0.15, -0.1) is 0 Å². The van der Waals surface area contributed by atoms with E-state index in [0.29, 0.717) is 35.2 Å². The second-order valence-corrected chi connectivity index (χ2v) is 7.76. The molecule has 24 heavy (non-hydrogen) atoms. The van der Waals surface area contributed by atoms with Gasteiger partial charge in [0.25, 0.3) is 0 Å². The van der Waals surface area contributed by atoms with E-state index >= 15 is 0 Å². The Morgan fingerprint density at radius 3 is 2.71 bits per heavy atom. The van der Waals surface area contributed by atoms with Crippen LogP contribution in [0.15, 0.2) is 18.2 Å². The Labute approximate surface area is 150 Å². The molecule has 2 heterocycles. The molecule has 130 valence electrons. The van der Waals surface area contributed by atoms with Crippen molar-refractivity contribution in [3.63, 3.8) is 0 Å². The molecule has 1 amide bonds. The lowest BCUT2D eigenvalue weighted by Crippen LogP contribution is -2.52. The highest BCUT2D eigenvalue weighted by Crippen LogP contribution is 2.46. The van der Waals surface area contributed by atoms with Gasteiger partial charge in [0.1, 0.15) is 5.60 Å². The highest BCUT2D eigenvalue weighted by Gasteiger charge is 2.56. The highest BCUT2D eigenvalue weighted by molar-refractivity contribution is 6.42. The van der Waals surface area contributed by atoms with Gasteiger partial charge >= 0.3 is 5.97 Å². The van der Waals surface area contributed by atoms with Crippen molar-refractivity contribution >= 4 is 40.8 Å². The third kappa shape index (κ3) is 3.39. The largest absolute Gasteiger partial charge is 0.458 e. The van der Waals surface area contributed by atoms with Gasteiger partial charge < -0.3 is 14.8 Å². The molecule has 5 nitrogen and oxygen atoms in total. The number of benzene rings is 1. The summed E-state index contributed by atoms with van der Waals surface area (Å²) in [6.07, 6.45) is 1.08. The molecule has 0 saturated carbocycles. The summed E-state index contributed by atoms with van der Waals surface area (Å²) in [5, 5.41) is 3.59. The summed E-state index contributed by atoms with van der Waals surface area (Å²) >= 11 is 11.9. The average molecular weight is 372 g/mol. The van der Waals surface area contributed by atoms with Crippen LogP contribution in [-0.2, 0) is 19.1 Å². The summed E-state index contributed by atoms with van der Waals surface area (Å²) < 4.78 is 11.3. The summed E-state index contributed by atoms with van der Waals surface area (Å²) in [4.78, 5) is 24.7. The zero-order chi connectivity index (χ0) is 17.5. The van der Waals surface area contributed by atoms with E-state index in [-0.39, 0.29) is 18.3 Å². The van der Waals surface area contributed by atoms with Gasteiger partial charge in [-0.3, -0.25) is 9.59 Å². The maximum absolute atomic E-state index is 12.8. The van der Waals surface area contributed by atoms with E-state index in [1.807, 2.05) is 13.8 Å². The second kappa shape index (κ2) is 6.21. The number of esters is 1. The minimum Gasteiger partial charge on any atom is -0.458 e. The Kier molecular flexibility index (Phi) is 4.53. The Morgan fingerprint density at radius 2 is 2.04 bits per heavy atom. The van der Waals surface area contributed by atoms with Crippen molar-refractivity contribution in [3.8, 4) is 0 Å². The smallest absolute Gasteiger partial charge is 0.307 e. The number of carbonyl (C=O) groups is 2. The number of amides is 1. The van der Waals surface area contributed by atoms with Crippen molar-refractivity contribution in [1.82, 2.24) is 0 Å². The fourth-order valence-corrected chi connectivity index (χ4v) is 3.87. The van der Waals surface area contributed by atoms with Crippen LogP contribution in [0, 0.1) is 5.92 Å². The van der Waals surface area contributed by atoms with E-state index < -0.39 is 17.1 Å². The fourth-order valence-electron chi connectivity index (χ4n) is 3.57. The van der Waals surface area contributed by atoms with Crippen LogP contribution < -0.4 is 5.32 Å². The lowest BCUT2D eigenvalue weighted by Gasteiger charge is -2.43. The third-order valence-corrected chi connectivity index (χ3v) is 5.31. The van der Waals surface area contributed by atoms with Crippen molar-refractivity contribution in [1.29, 1.82) is 0 Å². The number of nitrogens with one attached hydrogen (secondary N) is 1. The molecule has 1 aromatic rings. The summed E-state index contributed by atoms with van der Waals surface area (Å²) in [6, 6.07) is 4.87. The van der Waals surface area contributed by atoms with Gasteiger partial charge in [-0.05, 0) is 32.0 Å². The Balaban J connectivity index is 1.82. The van der Waals surface area contributed by atoms with Crippen molar-refractivity contribution in [2.75, 3.05) is 11.9 Å². The molecule has 2 atom stereocenters. The molecule has 2 saturated heterocycles. The lowest BCUT2D eigenvalue weighted by atomic mass is 9.75. The predicted molar refractivity (Wildman–Crippen MR) is 91.3 cm³/mol. The molecular weight excluding hydrogens is 353 g/mol. The van der Waals surface area contributed by atoms with Crippen LogP contribution in [0.5, 0.6) is 0 Å². The number of carbonyl (C=O) groups excluding carboxylic acids is 2. The summed E-state index contributed by atoms with van der Waals surface area (Å²) in [7, 11) is 0. The molecule has 0 aromatic heterocycles. The van der Waals surface area contributed by atoms with E-state index in [0.717, 1.165) is 0 Å². The summed E-state index contributed by atoms with van der Waals surface area (Å²) in [5.41, 5.74) is -0.709. The van der Waals surface area contributed by atoms with Gasteiger partial charge in [-0.25, -0.2) is 0 Å². The SMILES string of the molecule is CC1(C)C[C@]2(CCO1)OC(=O)C[C@H]2C(=O)Nc1ccc(Cl)c(Cl)c1. The number of halogens is 2. The molecule has 1 aromatic carbocycles. The first kappa shape index (κ1) is 17.5. The van der Waals surface area contributed by atoms with Gasteiger partial charge in [0, 0.05) is 18.5 Å². The van der Waals surface area contributed by atoms with Crippen molar-refractivity contribution in [2.24, 2.45) is 5.92 Å². The maximum atomic E-state index is 12.8. The maximum Gasteiger partial charge on any atom is 0.307 e. The number of ether oxygens (including phenoxy) is 2. The molecule has 7 heteroatoms. The van der Waals surface area contributed by atoms with Gasteiger partial charge in [-0.1, -0.05) is 23.2 Å². The van der Waals surface area contributed by atoms with Crippen LogP contribution in [0.3, 0.4) is 0 Å². The standard InChI is InChI=1S/C17H19Cl2NO4/c1-16(2)9-17(5-6-23-16)11(8-14(21)24-17)15(22)20-10-3-4-12(18)13(19)7-10/h3-4,7,11H,5-6,8-9H2,1-2H3,(H,20,22)/t11-,17-/m0/s1. The molecule has 2 aliphatic heterocycles. The Hall–Kier alpha value is -1.30. The minimum atomic E-state index is -0.806. The first-order valence-electron chi connectivity index (χ1n) is 7.83. The molecule has 0 bridgehead atoms. The Morgan fingerprint density at radius 1 is 1.29 bits per heavy atom.